The second-order valence-corrected chi connectivity index (χ2v) is 3.85. The molecule has 0 aliphatic carbocycles. The molecule has 0 spiro atoms. The normalized spacial score (nSPS) is 12.8. The summed E-state index contributed by atoms with van der Waals surface area (Å²) in [5.74, 6) is -0.380. The van der Waals surface area contributed by atoms with Crippen molar-refractivity contribution >= 4 is 11.6 Å². The lowest BCUT2D eigenvalue weighted by Crippen LogP contribution is -2.17. The fourth-order valence-electron chi connectivity index (χ4n) is 1.53. The van der Waals surface area contributed by atoms with Gasteiger partial charge in [0.25, 0.3) is 0 Å². The molecule has 2 nitrogen and oxygen atoms in total. The molecule has 0 bridgehead atoms. The summed E-state index contributed by atoms with van der Waals surface area (Å²) >= 11 is 5.72. The van der Waals surface area contributed by atoms with Crippen LogP contribution in [-0.4, -0.2) is 13.6 Å². The molecule has 1 atom stereocenters. The van der Waals surface area contributed by atoms with E-state index in [9.17, 15) is 4.39 Å². The fourth-order valence-corrected chi connectivity index (χ4v) is 1.72. The zero-order valence-corrected chi connectivity index (χ0v) is 9.52. The number of rotatable bonds is 5. The average Bonchev–Trinajstić information content (AvgIpc) is 2.24. The van der Waals surface area contributed by atoms with Crippen molar-refractivity contribution in [1.29, 1.82) is 0 Å². The van der Waals surface area contributed by atoms with Crippen LogP contribution in [0, 0.1) is 5.82 Å². The summed E-state index contributed by atoms with van der Waals surface area (Å²) in [5.41, 5.74) is 6.45. The quantitative estimate of drug-likeness (QED) is 0.816. The lowest BCUT2D eigenvalue weighted by atomic mass is 10.0. The van der Waals surface area contributed by atoms with Crippen molar-refractivity contribution in [3.05, 3.63) is 34.6 Å². The first-order valence-corrected chi connectivity index (χ1v) is 5.39. The summed E-state index contributed by atoms with van der Waals surface area (Å²) in [6.07, 6.45) is 1.86. The minimum atomic E-state index is -0.380. The van der Waals surface area contributed by atoms with Crippen LogP contribution in [0.25, 0.3) is 0 Å². The Hall–Kier alpha value is -0.640. The first-order valence-electron chi connectivity index (χ1n) is 5.01. The third-order valence-corrected chi connectivity index (χ3v) is 2.68. The molecule has 0 radical (unpaired) electrons. The van der Waals surface area contributed by atoms with Gasteiger partial charge in [0.2, 0.25) is 0 Å². The Bertz CT molecular complexity index is 317. The standard InChI is InChI=1S/C11H16ClFN2/c1-15-11(3-2-6-14)8-4-5-10(13)9(12)7-8/h4-5,7,11,15H,2-3,6,14H2,1H3. The smallest absolute Gasteiger partial charge is 0.141 e. The molecule has 1 aromatic rings. The molecule has 3 N–H and O–H groups in total. The molecular formula is C11H16ClFN2. The largest absolute Gasteiger partial charge is 0.330 e. The first-order chi connectivity index (χ1) is 7.19. The van der Waals surface area contributed by atoms with Crippen LogP contribution in [0.4, 0.5) is 4.39 Å². The van der Waals surface area contributed by atoms with Crippen molar-refractivity contribution < 1.29 is 4.39 Å². The molecule has 0 amide bonds. The van der Waals surface area contributed by atoms with Crippen molar-refractivity contribution in [3.8, 4) is 0 Å². The molecule has 0 aliphatic rings. The van der Waals surface area contributed by atoms with Crippen LogP contribution < -0.4 is 11.1 Å². The molecule has 1 unspecified atom stereocenters. The third kappa shape index (κ3) is 3.45. The molecule has 84 valence electrons. The third-order valence-electron chi connectivity index (χ3n) is 2.39. The van der Waals surface area contributed by atoms with Gasteiger partial charge in [-0.15, -0.1) is 0 Å². The highest BCUT2D eigenvalue weighted by Crippen LogP contribution is 2.23. The van der Waals surface area contributed by atoms with Gasteiger partial charge in [-0.3, -0.25) is 0 Å². The van der Waals surface area contributed by atoms with Crippen molar-refractivity contribution in [2.24, 2.45) is 5.73 Å². The van der Waals surface area contributed by atoms with Crippen molar-refractivity contribution in [3.63, 3.8) is 0 Å². The molecular weight excluding hydrogens is 215 g/mol. The number of nitrogens with two attached hydrogens (primary N) is 1. The first kappa shape index (κ1) is 12.4. The molecule has 0 saturated carbocycles. The predicted molar refractivity (Wildman–Crippen MR) is 61.5 cm³/mol. The van der Waals surface area contributed by atoms with Crippen LogP contribution in [-0.2, 0) is 0 Å². The fraction of sp³-hybridized carbons (Fsp3) is 0.455. The Balaban J connectivity index is 2.78. The van der Waals surface area contributed by atoms with E-state index in [2.05, 4.69) is 5.32 Å². The molecule has 0 fully saturated rings. The SMILES string of the molecule is CNC(CCCN)c1ccc(F)c(Cl)c1. The Morgan fingerprint density at radius 3 is 2.80 bits per heavy atom. The summed E-state index contributed by atoms with van der Waals surface area (Å²) < 4.78 is 12.9. The maximum Gasteiger partial charge on any atom is 0.141 e. The van der Waals surface area contributed by atoms with Crippen LogP contribution >= 0.6 is 11.6 Å². The highest BCUT2D eigenvalue weighted by molar-refractivity contribution is 6.30. The summed E-state index contributed by atoms with van der Waals surface area (Å²) in [6, 6.07) is 4.99. The molecule has 1 aromatic carbocycles. The summed E-state index contributed by atoms with van der Waals surface area (Å²) in [5, 5.41) is 3.33. The summed E-state index contributed by atoms with van der Waals surface area (Å²) in [4.78, 5) is 0. The summed E-state index contributed by atoms with van der Waals surface area (Å²) in [6.45, 7) is 0.660. The van der Waals surface area contributed by atoms with E-state index in [0.29, 0.717) is 6.54 Å². The molecule has 15 heavy (non-hydrogen) atoms. The van der Waals surface area contributed by atoms with Gasteiger partial charge in [0.15, 0.2) is 0 Å². The van der Waals surface area contributed by atoms with E-state index < -0.39 is 0 Å². The second kappa shape index (κ2) is 6.05. The van der Waals surface area contributed by atoms with Crippen LogP contribution in [0.1, 0.15) is 24.4 Å². The Kier molecular flexibility index (Phi) is 5.02. The van der Waals surface area contributed by atoms with Gasteiger partial charge in [-0.2, -0.15) is 0 Å². The highest BCUT2D eigenvalue weighted by atomic mass is 35.5. The molecule has 0 saturated heterocycles. The van der Waals surface area contributed by atoms with E-state index in [4.69, 9.17) is 17.3 Å². The number of halogens is 2. The number of hydrogen-bond acceptors (Lipinski definition) is 2. The Morgan fingerprint density at radius 1 is 1.53 bits per heavy atom. The molecule has 0 aliphatic heterocycles. The van der Waals surface area contributed by atoms with Crippen molar-refractivity contribution in [2.75, 3.05) is 13.6 Å². The Labute approximate surface area is 94.6 Å². The van der Waals surface area contributed by atoms with Crippen LogP contribution in [0.2, 0.25) is 5.02 Å². The van der Waals surface area contributed by atoms with Gasteiger partial charge in [-0.1, -0.05) is 17.7 Å². The minimum absolute atomic E-state index is 0.167. The molecule has 0 heterocycles. The van der Waals surface area contributed by atoms with E-state index in [-0.39, 0.29) is 16.9 Å². The van der Waals surface area contributed by atoms with Crippen LogP contribution in [0.15, 0.2) is 18.2 Å². The molecule has 1 rings (SSSR count). The topological polar surface area (TPSA) is 38.0 Å². The van der Waals surface area contributed by atoms with E-state index in [0.717, 1.165) is 18.4 Å². The van der Waals surface area contributed by atoms with Crippen molar-refractivity contribution in [2.45, 2.75) is 18.9 Å². The van der Waals surface area contributed by atoms with Crippen molar-refractivity contribution in [1.82, 2.24) is 5.32 Å². The monoisotopic (exact) mass is 230 g/mol. The Morgan fingerprint density at radius 2 is 2.27 bits per heavy atom. The minimum Gasteiger partial charge on any atom is -0.330 e. The van der Waals surface area contributed by atoms with E-state index >= 15 is 0 Å². The lowest BCUT2D eigenvalue weighted by molar-refractivity contribution is 0.529. The second-order valence-electron chi connectivity index (χ2n) is 3.45. The number of hydrogen-bond donors (Lipinski definition) is 2. The van der Waals surface area contributed by atoms with Gasteiger partial charge in [0.1, 0.15) is 5.82 Å². The lowest BCUT2D eigenvalue weighted by Gasteiger charge is -2.16. The van der Waals surface area contributed by atoms with Gasteiger partial charge < -0.3 is 11.1 Å². The van der Waals surface area contributed by atoms with Gasteiger partial charge in [-0.05, 0) is 44.1 Å². The van der Waals surface area contributed by atoms with E-state index in [1.165, 1.54) is 6.07 Å². The maximum atomic E-state index is 12.9. The van der Waals surface area contributed by atoms with Crippen LogP contribution in [0.3, 0.4) is 0 Å². The van der Waals surface area contributed by atoms with E-state index in [1.54, 1.807) is 12.1 Å². The van der Waals surface area contributed by atoms with Gasteiger partial charge in [0.05, 0.1) is 5.02 Å². The maximum absolute atomic E-state index is 12.9. The predicted octanol–water partition coefficient (Wildman–Crippen LogP) is 2.48. The average molecular weight is 231 g/mol. The molecule has 0 aromatic heterocycles. The van der Waals surface area contributed by atoms with E-state index in [1.807, 2.05) is 7.05 Å². The zero-order chi connectivity index (χ0) is 11.3. The summed E-state index contributed by atoms with van der Waals surface area (Å²) in [7, 11) is 1.87. The highest BCUT2D eigenvalue weighted by Gasteiger charge is 2.10. The van der Waals surface area contributed by atoms with Gasteiger partial charge in [-0.25, -0.2) is 4.39 Å². The van der Waals surface area contributed by atoms with Crippen LogP contribution in [0.5, 0.6) is 0 Å². The molecule has 4 heteroatoms. The number of benzene rings is 1. The zero-order valence-electron chi connectivity index (χ0n) is 8.76. The van der Waals surface area contributed by atoms with Gasteiger partial charge in [0, 0.05) is 6.04 Å². The van der Waals surface area contributed by atoms with Gasteiger partial charge >= 0.3 is 0 Å². The number of nitrogens with one attached hydrogen (secondary N) is 1.